The number of hydrogen-bond acceptors (Lipinski definition) is 1. The predicted octanol–water partition coefficient (Wildman–Crippen LogP) is 5.94. The fourth-order valence-corrected chi connectivity index (χ4v) is 3.87. The summed E-state index contributed by atoms with van der Waals surface area (Å²) >= 11 is 0. The summed E-state index contributed by atoms with van der Waals surface area (Å²) < 4.78 is 0. The van der Waals surface area contributed by atoms with E-state index < -0.39 is 0 Å². The second-order valence-corrected chi connectivity index (χ2v) is 8.32. The first-order valence-corrected chi connectivity index (χ1v) is 10.9. The minimum atomic E-state index is 0.387. The summed E-state index contributed by atoms with van der Waals surface area (Å²) in [7, 11) is 2.85. The van der Waals surface area contributed by atoms with Gasteiger partial charge in [0.15, 0.2) is 0 Å². The number of carbonyl (C=O) groups is 1. The Morgan fingerprint density at radius 2 is 1.35 bits per heavy atom. The molecule has 2 unspecified atom stereocenters. The molecule has 2 atom stereocenters. The molecule has 1 aliphatic rings. The van der Waals surface area contributed by atoms with Crippen molar-refractivity contribution >= 4 is 15.1 Å². The molecule has 0 N–H and O–H groups in total. The van der Waals surface area contributed by atoms with Gasteiger partial charge in [-0.15, -0.1) is 9.24 Å². The molecule has 0 bridgehead atoms. The normalized spacial score (nSPS) is 17.8. The first-order chi connectivity index (χ1) is 11.2. The average Bonchev–Trinajstić information content (AvgIpc) is 2.98. The van der Waals surface area contributed by atoms with Gasteiger partial charge in [-0.05, 0) is 18.5 Å². The van der Waals surface area contributed by atoms with Crippen LogP contribution in [-0.4, -0.2) is 29.6 Å². The number of amides is 1. The number of unbranched alkanes of at least 4 members (excludes halogenated alkanes) is 12. The minimum Gasteiger partial charge on any atom is -0.342 e. The predicted molar refractivity (Wildman–Crippen MR) is 105 cm³/mol. The van der Waals surface area contributed by atoms with E-state index in [2.05, 4.69) is 21.1 Å². The van der Waals surface area contributed by atoms with E-state index in [1.165, 1.54) is 77.0 Å². The van der Waals surface area contributed by atoms with Gasteiger partial charge in [0.2, 0.25) is 5.91 Å². The lowest BCUT2D eigenvalue weighted by molar-refractivity contribution is -0.130. The maximum Gasteiger partial charge on any atom is 0.222 e. The molecule has 1 heterocycles. The van der Waals surface area contributed by atoms with E-state index >= 15 is 0 Å². The van der Waals surface area contributed by atoms with E-state index in [0.717, 1.165) is 32.4 Å². The molecule has 1 fully saturated rings. The molecule has 0 spiro atoms. The molecule has 0 aromatic rings. The highest BCUT2D eigenvalue weighted by molar-refractivity contribution is 7.17. The lowest BCUT2D eigenvalue weighted by Crippen LogP contribution is -2.28. The average molecular weight is 342 g/mol. The summed E-state index contributed by atoms with van der Waals surface area (Å²) in [6.07, 6.45) is 19.7. The van der Waals surface area contributed by atoms with Gasteiger partial charge in [0.25, 0.3) is 0 Å². The Bertz CT molecular complexity index is 295. The first-order valence-electron chi connectivity index (χ1n) is 10.3. The van der Waals surface area contributed by atoms with Crippen LogP contribution in [0.4, 0.5) is 0 Å². The van der Waals surface area contributed by atoms with E-state index in [-0.39, 0.29) is 0 Å². The summed E-state index contributed by atoms with van der Waals surface area (Å²) in [5, 5.41) is 0. The van der Waals surface area contributed by atoms with Crippen LogP contribution in [-0.2, 0) is 4.79 Å². The van der Waals surface area contributed by atoms with Gasteiger partial charge in [-0.1, -0.05) is 84.0 Å². The Labute approximate surface area is 147 Å². The van der Waals surface area contributed by atoms with Crippen LogP contribution in [0, 0.1) is 0 Å². The molecule has 1 aliphatic heterocycles. The lowest BCUT2D eigenvalue weighted by atomic mass is 10.0. The SMILES string of the molecule is CCCCCCCCCCCCCCCC(=O)N1CCC(P)C1. The largest absolute Gasteiger partial charge is 0.342 e. The van der Waals surface area contributed by atoms with Crippen molar-refractivity contribution in [1.29, 1.82) is 0 Å². The monoisotopic (exact) mass is 341 g/mol. The van der Waals surface area contributed by atoms with Crippen LogP contribution in [0.3, 0.4) is 0 Å². The van der Waals surface area contributed by atoms with Crippen LogP contribution >= 0.6 is 9.24 Å². The lowest BCUT2D eigenvalue weighted by Gasteiger charge is -2.15. The van der Waals surface area contributed by atoms with Gasteiger partial charge in [-0.2, -0.15) is 0 Å². The van der Waals surface area contributed by atoms with Crippen LogP contribution in [0.5, 0.6) is 0 Å². The molecule has 2 nitrogen and oxygen atoms in total. The van der Waals surface area contributed by atoms with Gasteiger partial charge in [0, 0.05) is 19.5 Å². The Balaban J connectivity index is 1.77. The second-order valence-electron chi connectivity index (χ2n) is 7.38. The molecular weight excluding hydrogens is 301 g/mol. The summed E-state index contributed by atoms with van der Waals surface area (Å²) in [6.45, 7) is 4.22. The quantitative estimate of drug-likeness (QED) is 0.283. The molecule has 0 radical (unpaired) electrons. The Hall–Kier alpha value is -0.100. The Morgan fingerprint density at radius 3 is 1.78 bits per heavy atom. The zero-order valence-corrected chi connectivity index (χ0v) is 16.7. The Morgan fingerprint density at radius 1 is 0.870 bits per heavy atom. The molecule has 0 aromatic carbocycles. The molecule has 0 saturated carbocycles. The standard InChI is InChI=1S/C20H40NOP/c1-2-3-4-5-6-7-8-9-10-11-12-13-14-15-20(22)21-17-16-19(23)18-21/h19H,2-18,23H2,1H3. The van der Waals surface area contributed by atoms with Crippen molar-refractivity contribution in [2.24, 2.45) is 0 Å². The number of nitrogens with zero attached hydrogens (tertiary/aromatic N) is 1. The van der Waals surface area contributed by atoms with Crippen molar-refractivity contribution in [3.8, 4) is 0 Å². The van der Waals surface area contributed by atoms with E-state index in [4.69, 9.17) is 0 Å². The first kappa shape index (κ1) is 20.9. The molecular formula is C20H40NOP. The Kier molecular flexibility index (Phi) is 13.0. The van der Waals surface area contributed by atoms with Gasteiger partial charge in [-0.25, -0.2) is 0 Å². The second kappa shape index (κ2) is 14.3. The molecule has 1 rings (SSSR count). The maximum absolute atomic E-state index is 12.0. The highest BCUT2D eigenvalue weighted by atomic mass is 31.0. The molecule has 3 heteroatoms. The van der Waals surface area contributed by atoms with Crippen LogP contribution in [0.2, 0.25) is 0 Å². The van der Waals surface area contributed by atoms with Crippen molar-refractivity contribution in [2.75, 3.05) is 13.1 Å². The van der Waals surface area contributed by atoms with Gasteiger partial charge < -0.3 is 4.90 Å². The zero-order valence-electron chi connectivity index (χ0n) is 15.5. The fourth-order valence-electron chi connectivity index (χ4n) is 3.47. The molecule has 136 valence electrons. The minimum absolute atomic E-state index is 0.387. The summed E-state index contributed by atoms with van der Waals surface area (Å²) in [5.41, 5.74) is 0.630. The van der Waals surface area contributed by atoms with Crippen molar-refractivity contribution in [2.45, 2.75) is 109 Å². The van der Waals surface area contributed by atoms with E-state index in [1.807, 2.05) is 0 Å². The smallest absolute Gasteiger partial charge is 0.222 e. The third-order valence-electron chi connectivity index (χ3n) is 5.07. The number of hydrogen-bond donors (Lipinski definition) is 0. The topological polar surface area (TPSA) is 20.3 Å². The highest BCUT2D eigenvalue weighted by Gasteiger charge is 2.22. The maximum atomic E-state index is 12.0. The summed E-state index contributed by atoms with van der Waals surface area (Å²) in [6, 6.07) is 0. The van der Waals surface area contributed by atoms with E-state index in [0.29, 0.717) is 11.6 Å². The number of rotatable bonds is 14. The van der Waals surface area contributed by atoms with Crippen LogP contribution in [0.25, 0.3) is 0 Å². The fraction of sp³-hybridized carbons (Fsp3) is 0.950. The van der Waals surface area contributed by atoms with Crippen molar-refractivity contribution in [3.63, 3.8) is 0 Å². The van der Waals surface area contributed by atoms with Crippen LogP contribution in [0.15, 0.2) is 0 Å². The molecule has 23 heavy (non-hydrogen) atoms. The van der Waals surface area contributed by atoms with Crippen LogP contribution < -0.4 is 0 Å². The molecule has 0 aliphatic carbocycles. The van der Waals surface area contributed by atoms with Gasteiger partial charge >= 0.3 is 0 Å². The molecule has 1 saturated heterocycles. The zero-order chi connectivity index (χ0) is 16.8. The van der Waals surface area contributed by atoms with Gasteiger partial charge in [0.05, 0.1) is 0 Å². The highest BCUT2D eigenvalue weighted by Crippen LogP contribution is 2.18. The van der Waals surface area contributed by atoms with Crippen molar-refractivity contribution in [1.82, 2.24) is 4.90 Å². The third kappa shape index (κ3) is 11.1. The number of likely N-dealkylation sites (tertiary alicyclic amines) is 1. The van der Waals surface area contributed by atoms with Gasteiger partial charge in [-0.3, -0.25) is 4.79 Å². The molecule has 1 amide bonds. The summed E-state index contributed by atoms with van der Waals surface area (Å²) in [4.78, 5) is 14.1. The van der Waals surface area contributed by atoms with Crippen molar-refractivity contribution in [3.05, 3.63) is 0 Å². The summed E-state index contributed by atoms with van der Waals surface area (Å²) in [5.74, 6) is 0.387. The molecule has 0 aromatic heterocycles. The van der Waals surface area contributed by atoms with E-state index in [1.54, 1.807) is 0 Å². The van der Waals surface area contributed by atoms with Crippen molar-refractivity contribution < 1.29 is 4.79 Å². The number of carbonyl (C=O) groups excluding carboxylic acids is 1. The third-order valence-corrected chi connectivity index (χ3v) is 5.62. The van der Waals surface area contributed by atoms with E-state index in [9.17, 15) is 4.79 Å². The van der Waals surface area contributed by atoms with Crippen LogP contribution in [0.1, 0.15) is 103 Å². The van der Waals surface area contributed by atoms with Gasteiger partial charge in [0.1, 0.15) is 0 Å².